The SMILES string of the molecule is CCN(CC)CCOc1ccccc1NC(=O)C(C)NC(=O)c1ccc(C(C)(C)C)cc1. The van der Waals surface area contributed by atoms with Gasteiger partial charge in [-0.25, -0.2) is 0 Å². The Morgan fingerprint density at radius 3 is 2.22 bits per heavy atom. The zero-order chi connectivity index (χ0) is 23.7. The quantitative estimate of drug-likeness (QED) is 0.573. The molecule has 0 radical (unpaired) electrons. The predicted octanol–water partition coefficient (Wildman–Crippen LogP) is 4.46. The molecule has 0 bridgehead atoms. The van der Waals surface area contributed by atoms with Gasteiger partial charge in [-0.3, -0.25) is 9.59 Å². The van der Waals surface area contributed by atoms with Crippen molar-refractivity contribution < 1.29 is 14.3 Å². The Labute approximate surface area is 192 Å². The van der Waals surface area contributed by atoms with Gasteiger partial charge in [0.1, 0.15) is 18.4 Å². The highest BCUT2D eigenvalue weighted by Crippen LogP contribution is 2.24. The van der Waals surface area contributed by atoms with Crippen molar-refractivity contribution in [3.63, 3.8) is 0 Å². The Morgan fingerprint density at radius 2 is 1.62 bits per heavy atom. The molecule has 0 heterocycles. The number of nitrogens with one attached hydrogen (secondary N) is 2. The van der Waals surface area contributed by atoms with Crippen LogP contribution in [0.4, 0.5) is 5.69 Å². The van der Waals surface area contributed by atoms with E-state index in [0.717, 1.165) is 25.2 Å². The Kier molecular flexibility index (Phi) is 9.27. The van der Waals surface area contributed by atoms with Crippen molar-refractivity contribution in [3.8, 4) is 5.75 Å². The van der Waals surface area contributed by atoms with E-state index in [9.17, 15) is 9.59 Å². The molecule has 6 nitrogen and oxygen atoms in total. The average Bonchev–Trinajstić information content (AvgIpc) is 2.77. The summed E-state index contributed by atoms with van der Waals surface area (Å²) in [5.41, 5.74) is 2.28. The Morgan fingerprint density at radius 1 is 1.00 bits per heavy atom. The smallest absolute Gasteiger partial charge is 0.251 e. The number of amides is 2. The van der Waals surface area contributed by atoms with Gasteiger partial charge in [0.2, 0.25) is 5.91 Å². The molecule has 0 saturated carbocycles. The average molecular weight is 440 g/mol. The van der Waals surface area contributed by atoms with Crippen molar-refractivity contribution in [1.29, 1.82) is 0 Å². The monoisotopic (exact) mass is 439 g/mol. The first-order chi connectivity index (χ1) is 15.2. The van der Waals surface area contributed by atoms with Crippen molar-refractivity contribution >= 4 is 17.5 Å². The summed E-state index contributed by atoms with van der Waals surface area (Å²) in [7, 11) is 0. The van der Waals surface area contributed by atoms with E-state index < -0.39 is 6.04 Å². The van der Waals surface area contributed by atoms with Crippen LogP contribution in [-0.4, -0.2) is 49.0 Å². The second-order valence-electron chi connectivity index (χ2n) is 8.88. The summed E-state index contributed by atoms with van der Waals surface area (Å²) in [5, 5.41) is 5.64. The number of carbonyl (C=O) groups is 2. The van der Waals surface area contributed by atoms with Gasteiger partial charge < -0.3 is 20.3 Å². The van der Waals surface area contributed by atoms with Crippen LogP contribution in [0.1, 0.15) is 57.5 Å². The van der Waals surface area contributed by atoms with E-state index in [-0.39, 0.29) is 17.2 Å². The molecule has 0 spiro atoms. The molecule has 32 heavy (non-hydrogen) atoms. The van der Waals surface area contributed by atoms with Gasteiger partial charge in [0, 0.05) is 12.1 Å². The molecule has 2 N–H and O–H groups in total. The van der Waals surface area contributed by atoms with E-state index in [0.29, 0.717) is 23.6 Å². The molecule has 0 fully saturated rings. The standard InChI is InChI=1S/C26H37N3O3/c1-7-29(8-2)17-18-32-23-12-10-9-11-22(23)28-24(30)19(3)27-25(31)20-13-15-21(16-14-20)26(4,5)6/h9-16,19H,7-8,17-18H2,1-6H3,(H,27,31)(H,28,30). The summed E-state index contributed by atoms with van der Waals surface area (Å²) in [6.07, 6.45) is 0. The number of para-hydroxylation sites is 2. The van der Waals surface area contributed by atoms with E-state index in [4.69, 9.17) is 4.74 Å². The molecule has 0 aliphatic rings. The van der Waals surface area contributed by atoms with Crippen LogP contribution in [0.15, 0.2) is 48.5 Å². The van der Waals surface area contributed by atoms with Crippen LogP contribution in [0.5, 0.6) is 5.75 Å². The van der Waals surface area contributed by atoms with E-state index in [1.165, 1.54) is 0 Å². The first-order valence-corrected chi connectivity index (χ1v) is 11.3. The molecule has 0 aliphatic carbocycles. The zero-order valence-electron chi connectivity index (χ0n) is 20.2. The van der Waals surface area contributed by atoms with Gasteiger partial charge in [-0.2, -0.15) is 0 Å². The topological polar surface area (TPSA) is 70.7 Å². The molecule has 2 amide bonds. The number of ether oxygens (including phenoxy) is 1. The third-order valence-electron chi connectivity index (χ3n) is 5.46. The number of nitrogens with zero attached hydrogens (tertiary/aromatic N) is 1. The summed E-state index contributed by atoms with van der Waals surface area (Å²) in [5.74, 6) is 0.0330. The summed E-state index contributed by atoms with van der Waals surface area (Å²) >= 11 is 0. The first kappa shape index (κ1) is 25.4. The van der Waals surface area contributed by atoms with Crippen molar-refractivity contribution in [2.75, 3.05) is 31.6 Å². The summed E-state index contributed by atoms with van der Waals surface area (Å²) in [6, 6.07) is 14.1. The highest BCUT2D eigenvalue weighted by Gasteiger charge is 2.19. The van der Waals surface area contributed by atoms with Gasteiger partial charge >= 0.3 is 0 Å². The van der Waals surface area contributed by atoms with Gasteiger partial charge in [0.25, 0.3) is 5.91 Å². The fourth-order valence-electron chi connectivity index (χ4n) is 3.23. The fraction of sp³-hybridized carbons (Fsp3) is 0.462. The minimum atomic E-state index is -0.700. The Hall–Kier alpha value is -2.86. The number of likely N-dealkylation sites (N-methyl/N-ethyl adjacent to an activating group) is 1. The van der Waals surface area contributed by atoms with Crippen LogP contribution in [-0.2, 0) is 10.2 Å². The number of benzene rings is 2. The number of hydrogen-bond donors (Lipinski definition) is 2. The Balaban J connectivity index is 1.95. The molecule has 0 saturated heterocycles. The molecule has 1 atom stereocenters. The fourth-order valence-corrected chi connectivity index (χ4v) is 3.23. The van der Waals surface area contributed by atoms with Crippen LogP contribution in [0.25, 0.3) is 0 Å². The molecular formula is C26H37N3O3. The van der Waals surface area contributed by atoms with E-state index in [1.807, 2.05) is 30.3 Å². The lowest BCUT2D eigenvalue weighted by atomic mass is 9.86. The maximum atomic E-state index is 12.7. The van der Waals surface area contributed by atoms with Crippen LogP contribution >= 0.6 is 0 Å². The van der Waals surface area contributed by atoms with Gasteiger partial charge in [-0.1, -0.05) is 58.9 Å². The molecule has 2 rings (SSSR count). The summed E-state index contributed by atoms with van der Waals surface area (Å²) in [6.45, 7) is 15.6. The molecule has 1 unspecified atom stereocenters. The zero-order valence-corrected chi connectivity index (χ0v) is 20.2. The second-order valence-corrected chi connectivity index (χ2v) is 8.88. The number of rotatable bonds is 10. The van der Waals surface area contributed by atoms with Gasteiger partial charge in [-0.05, 0) is 55.3 Å². The van der Waals surface area contributed by atoms with Crippen LogP contribution in [0, 0.1) is 0 Å². The lowest BCUT2D eigenvalue weighted by molar-refractivity contribution is -0.117. The maximum Gasteiger partial charge on any atom is 0.251 e. The lowest BCUT2D eigenvalue weighted by Gasteiger charge is -2.20. The number of hydrogen-bond acceptors (Lipinski definition) is 4. The van der Waals surface area contributed by atoms with Crippen LogP contribution < -0.4 is 15.4 Å². The van der Waals surface area contributed by atoms with Gasteiger partial charge in [0.05, 0.1) is 5.69 Å². The maximum absolute atomic E-state index is 12.7. The summed E-state index contributed by atoms with van der Waals surface area (Å²) in [4.78, 5) is 27.6. The minimum absolute atomic E-state index is 0.0169. The Bertz CT molecular complexity index is 884. The van der Waals surface area contributed by atoms with Crippen molar-refractivity contribution in [2.24, 2.45) is 0 Å². The molecular weight excluding hydrogens is 402 g/mol. The molecule has 6 heteroatoms. The molecule has 2 aromatic rings. The third kappa shape index (κ3) is 7.38. The van der Waals surface area contributed by atoms with E-state index in [1.54, 1.807) is 25.1 Å². The van der Waals surface area contributed by atoms with Crippen molar-refractivity contribution in [1.82, 2.24) is 10.2 Å². The summed E-state index contributed by atoms with van der Waals surface area (Å²) < 4.78 is 5.90. The second kappa shape index (κ2) is 11.7. The molecule has 0 aromatic heterocycles. The highest BCUT2D eigenvalue weighted by atomic mass is 16.5. The molecule has 174 valence electrons. The van der Waals surface area contributed by atoms with Gasteiger partial charge in [-0.15, -0.1) is 0 Å². The predicted molar refractivity (Wildman–Crippen MR) is 130 cm³/mol. The molecule has 0 aliphatic heterocycles. The van der Waals surface area contributed by atoms with E-state index in [2.05, 4.69) is 50.2 Å². The lowest BCUT2D eigenvalue weighted by Crippen LogP contribution is -2.41. The largest absolute Gasteiger partial charge is 0.490 e. The first-order valence-electron chi connectivity index (χ1n) is 11.3. The number of carbonyl (C=O) groups excluding carboxylic acids is 2. The van der Waals surface area contributed by atoms with Gasteiger partial charge in [0.15, 0.2) is 0 Å². The minimum Gasteiger partial charge on any atom is -0.490 e. The highest BCUT2D eigenvalue weighted by molar-refractivity contribution is 6.01. The normalized spacial score (nSPS) is 12.3. The molecule has 2 aromatic carbocycles. The van der Waals surface area contributed by atoms with Crippen molar-refractivity contribution in [3.05, 3.63) is 59.7 Å². The number of anilines is 1. The van der Waals surface area contributed by atoms with Crippen molar-refractivity contribution in [2.45, 2.75) is 53.0 Å². The third-order valence-corrected chi connectivity index (χ3v) is 5.46. The van der Waals surface area contributed by atoms with Crippen LogP contribution in [0.3, 0.4) is 0 Å². The van der Waals surface area contributed by atoms with E-state index >= 15 is 0 Å². The van der Waals surface area contributed by atoms with Crippen LogP contribution in [0.2, 0.25) is 0 Å².